The lowest BCUT2D eigenvalue weighted by atomic mass is 9.90. The van der Waals surface area contributed by atoms with Gasteiger partial charge in [0.15, 0.2) is 0 Å². The first-order valence-electron chi connectivity index (χ1n) is 8.45. The Morgan fingerprint density at radius 1 is 1.14 bits per heavy atom. The van der Waals surface area contributed by atoms with Crippen molar-refractivity contribution in [2.75, 3.05) is 5.32 Å². The lowest BCUT2D eigenvalue weighted by Crippen LogP contribution is -2.24. The maximum absolute atomic E-state index is 14.3. The van der Waals surface area contributed by atoms with Gasteiger partial charge < -0.3 is 5.32 Å². The van der Waals surface area contributed by atoms with Crippen LogP contribution in [0.4, 0.5) is 14.5 Å². The fraction of sp³-hybridized carbons (Fsp3) is 0.150. The Morgan fingerprint density at radius 2 is 1.93 bits per heavy atom. The van der Waals surface area contributed by atoms with Crippen LogP contribution in [0, 0.1) is 18.6 Å². The predicted molar refractivity (Wildman–Crippen MR) is 102 cm³/mol. The third-order valence-corrected chi connectivity index (χ3v) is 7.70. The number of carbonyl (C=O) groups excluding carboxylic acids is 1. The maximum Gasteiger partial charge on any atom is 0.225 e. The molecule has 0 fully saturated rings. The summed E-state index contributed by atoms with van der Waals surface area (Å²) < 4.78 is 53.8. The van der Waals surface area contributed by atoms with Crippen molar-refractivity contribution in [3.05, 3.63) is 75.5 Å². The molecule has 0 spiro atoms. The lowest BCUT2D eigenvalue weighted by Gasteiger charge is -2.24. The van der Waals surface area contributed by atoms with Gasteiger partial charge in [0.2, 0.25) is 15.7 Å². The van der Waals surface area contributed by atoms with Crippen LogP contribution in [-0.4, -0.2) is 14.3 Å². The van der Waals surface area contributed by atoms with E-state index in [-0.39, 0.29) is 27.5 Å². The highest BCUT2D eigenvalue weighted by Gasteiger charge is 2.35. The molecular formula is C20H15F2NO3S2. The van der Waals surface area contributed by atoms with Gasteiger partial charge in [0.05, 0.1) is 10.6 Å². The minimum Gasteiger partial charge on any atom is -0.324 e. The van der Waals surface area contributed by atoms with Gasteiger partial charge in [-0.15, -0.1) is 11.3 Å². The summed E-state index contributed by atoms with van der Waals surface area (Å²) in [6, 6.07) is 9.68. The van der Waals surface area contributed by atoms with Gasteiger partial charge in [-0.1, -0.05) is 18.2 Å². The molecule has 1 amide bonds. The molecule has 3 aromatic rings. The van der Waals surface area contributed by atoms with Crippen molar-refractivity contribution < 1.29 is 22.0 Å². The summed E-state index contributed by atoms with van der Waals surface area (Å²) in [6.45, 7) is 1.79. The fourth-order valence-electron chi connectivity index (χ4n) is 3.35. The highest BCUT2D eigenvalue weighted by molar-refractivity contribution is 7.91. The predicted octanol–water partition coefficient (Wildman–Crippen LogP) is 4.64. The van der Waals surface area contributed by atoms with Gasteiger partial charge in [-0.05, 0) is 36.2 Å². The molecular weight excluding hydrogens is 404 g/mol. The van der Waals surface area contributed by atoms with Crippen LogP contribution < -0.4 is 5.32 Å². The normalized spacial score (nSPS) is 16.5. The number of nitrogens with one attached hydrogen (secondary N) is 1. The van der Waals surface area contributed by atoms with Crippen molar-refractivity contribution in [2.45, 2.75) is 29.1 Å². The number of thiophene rings is 1. The van der Waals surface area contributed by atoms with E-state index in [1.54, 1.807) is 25.1 Å². The molecule has 28 heavy (non-hydrogen) atoms. The largest absolute Gasteiger partial charge is 0.324 e. The summed E-state index contributed by atoms with van der Waals surface area (Å²) in [5.41, 5.74) is 1.14. The topological polar surface area (TPSA) is 63.2 Å². The van der Waals surface area contributed by atoms with Gasteiger partial charge >= 0.3 is 0 Å². The first-order chi connectivity index (χ1) is 13.3. The van der Waals surface area contributed by atoms with Crippen molar-refractivity contribution in [1.82, 2.24) is 0 Å². The van der Waals surface area contributed by atoms with Crippen LogP contribution in [0.15, 0.2) is 57.6 Å². The number of amides is 1. The number of carbonyl (C=O) groups is 1. The van der Waals surface area contributed by atoms with Crippen LogP contribution >= 0.6 is 11.3 Å². The van der Waals surface area contributed by atoms with Gasteiger partial charge in [-0.2, -0.15) is 0 Å². The number of hydrogen-bond donors (Lipinski definition) is 1. The summed E-state index contributed by atoms with van der Waals surface area (Å²) in [7, 11) is -3.86. The Balaban J connectivity index is 1.85. The van der Waals surface area contributed by atoms with E-state index >= 15 is 0 Å². The highest BCUT2D eigenvalue weighted by atomic mass is 32.2. The third-order valence-electron chi connectivity index (χ3n) is 4.68. The minimum atomic E-state index is -3.86. The SMILES string of the molecule is Cc1cccc(S(=O)(=O)c2csc3c2NC(=O)C[C@H]3c2ccc(F)cc2F)c1. The molecule has 0 saturated carbocycles. The van der Waals surface area contributed by atoms with Crippen molar-refractivity contribution in [1.29, 1.82) is 0 Å². The molecule has 0 unspecified atom stereocenters. The Labute approximate surface area is 164 Å². The number of halogens is 2. The van der Waals surface area contributed by atoms with E-state index in [2.05, 4.69) is 5.32 Å². The molecule has 1 aliphatic rings. The molecule has 1 atom stereocenters. The van der Waals surface area contributed by atoms with Gasteiger partial charge in [0, 0.05) is 28.7 Å². The average Bonchev–Trinajstić information content (AvgIpc) is 3.05. The smallest absolute Gasteiger partial charge is 0.225 e. The molecule has 2 heterocycles. The van der Waals surface area contributed by atoms with Crippen molar-refractivity contribution in [3.63, 3.8) is 0 Å². The number of anilines is 1. The van der Waals surface area contributed by atoms with Crippen LogP contribution in [0.5, 0.6) is 0 Å². The molecule has 1 aliphatic heterocycles. The Morgan fingerprint density at radius 3 is 2.64 bits per heavy atom. The molecule has 144 valence electrons. The summed E-state index contributed by atoms with van der Waals surface area (Å²) in [4.78, 5) is 12.9. The Bertz CT molecular complexity index is 1200. The molecule has 0 bridgehead atoms. The summed E-state index contributed by atoms with van der Waals surface area (Å²) >= 11 is 1.14. The van der Waals surface area contributed by atoms with E-state index in [1.165, 1.54) is 17.5 Å². The summed E-state index contributed by atoms with van der Waals surface area (Å²) in [5, 5.41) is 4.09. The zero-order chi connectivity index (χ0) is 20.1. The molecule has 4 rings (SSSR count). The van der Waals surface area contributed by atoms with Crippen LogP contribution in [0.2, 0.25) is 0 Å². The van der Waals surface area contributed by atoms with Crippen molar-refractivity contribution >= 4 is 32.8 Å². The van der Waals surface area contributed by atoms with Crippen molar-refractivity contribution in [3.8, 4) is 0 Å². The second kappa shape index (κ2) is 6.79. The Kier molecular flexibility index (Phi) is 4.55. The van der Waals surface area contributed by atoms with E-state index in [1.807, 2.05) is 0 Å². The number of aryl methyl sites for hydroxylation is 1. The maximum atomic E-state index is 14.3. The van der Waals surface area contributed by atoms with Crippen LogP contribution in [-0.2, 0) is 14.6 Å². The summed E-state index contributed by atoms with van der Waals surface area (Å²) in [6.07, 6.45) is -0.0417. The van der Waals surface area contributed by atoms with E-state index in [4.69, 9.17) is 0 Å². The molecule has 1 N–H and O–H groups in total. The van der Waals surface area contributed by atoms with E-state index in [0.717, 1.165) is 29.0 Å². The van der Waals surface area contributed by atoms with E-state index < -0.39 is 33.3 Å². The third kappa shape index (κ3) is 3.12. The first-order valence-corrected chi connectivity index (χ1v) is 10.8. The zero-order valence-electron chi connectivity index (χ0n) is 14.7. The van der Waals surface area contributed by atoms with Gasteiger partial charge in [0.25, 0.3) is 0 Å². The Hall–Kier alpha value is -2.58. The minimum absolute atomic E-state index is 0.0151. The number of fused-ring (bicyclic) bond motifs is 1. The fourth-order valence-corrected chi connectivity index (χ4v) is 6.35. The summed E-state index contributed by atoms with van der Waals surface area (Å²) in [5.74, 6) is -2.56. The van der Waals surface area contributed by atoms with Crippen LogP contribution in [0.25, 0.3) is 0 Å². The first kappa shape index (κ1) is 18.8. The van der Waals surface area contributed by atoms with Crippen LogP contribution in [0.1, 0.15) is 28.3 Å². The molecule has 0 aliphatic carbocycles. The van der Waals surface area contributed by atoms with E-state index in [0.29, 0.717) is 4.88 Å². The molecule has 2 aromatic carbocycles. The molecule has 4 nitrogen and oxygen atoms in total. The number of benzene rings is 2. The van der Waals surface area contributed by atoms with Gasteiger partial charge in [-0.3, -0.25) is 4.79 Å². The van der Waals surface area contributed by atoms with E-state index in [9.17, 15) is 22.0 Å². The standard InChI is InChI=1S/C20H15F2NO3S2/c1-11-3-2-4-13(7-11)28(25,26)17-10-27-20-15(9-18(24)23-19(17)20)14-6-5-12(21)8-16(14)22/h2-8,10,15H,9H2,1H3,(H,23,24)/t15-/m0/s1. The second-order valence-electron chi connectivity index (χ2n) is 6.63. The van der Waals surface area contributed by atoms with Crippen LogP contribution in [0.3, 0.4) is 0 Å². The van der Waals surface area contributed by atoms with Crippen molar-refractivity contribution in [2.24, 2.45) is 0 Å². The monoisotopic (exact) mass is 419 g/mol. The number of rotatable bonds is 3. The lowest BCUT2D eigenvalue weighted by molar-refractivity contribution is -0.116. The molecule has 0 saturated heterocycles. The molecule has 0 radical (unpaired) electrons. The van der Waals surface area contributed by atoms with Gasteiger partial charge in [0.1, 0.15) is 16.5 Å². The number of sulfone groups is 1. The molecule has 1 aromatic heterocycles. The quantitative estimate of drug-likeness (QED) is 0.673. The average molecular weight is 419 g/mol. The zero-order valence-corrected chi connectivity index (χ0v) is 16.3. The number of hydrogen-bond acceptors (Lipinski definition) is 4. The highest BCUT2D eigenvalue weighted by Crippen LogP contribution is 2.46. The second-order valence-corrected chi connectivity index (χ2v) is 9.46. The van der Waals surface area contributed by atoms with Gasteiger partial charge in [-0.25, -0.2) is 17.2 Å². The molecule has 8 heteroatoms.